The summed E-state index contributed by atoms with van der Waals surface area (Å²) in [5.41, 5.74) is 0. The number of hydrogen-bond acceptors (Lipinski definition) is 2. The van der Waals surface area contributed by atoms with Gasteiger partial charge in [0.15, 0.2) is 0 Å². The molecule has 2 heteroatoms. The Morgan fingerprint density at radius 3 is 2.80 bits per heavy atom. The van der Waals surface area contributed by atoms with E-state index in [2.05, 4.69) is 25.5 Å². The molecule has 1 saturated heterocycles. The molecule has 0 saturated carbocycles. The van der Waals surface area contributed by atoms with Gasteiger partial charge in [0.2, 0.25) is 0 Å². The third-order valence-electron chi connectivity index (χ3n) is 1.73. The van der Waals surface area contributed by atoms with Crippen LogP contribution in [0.25, 0.3) is 0 Å². The second kappa shape index (κ2) is 3.17. The summed E-state index contributed by atoms with van der Waals surface area (Å²) in [6, 6.07) is 0. The number of nitrogens with zero attached hydrogens (tertiary/aromatic N) is 1. The Kier molecular flexibility index (Phi) is 2.46. The molecule has 0 aromatic rings. The van der Waals surface area contributed by atoms with E-state index in [1.54, 1.807) is 0 Å². The maximum absolute atomic E-state index is 5.55. The molecule has 1 heterocycles. The minimum absolute atomic E-state index is 0.230. The molecule has 1 aliphatic rings. The topological polar surface area (TPSA) is 12.5 Å². The van der Waals surface area contributed by atoms with Crippen molar-refractivity contribution in [2.45, 2.75) is 19.1 Å². The Bertz CT molecular complexity index is 114. The third kappa shape index (κ3) is 1.82. The lowest BCUT2D eigenvalue weighted by Crippen LogP contribution is -2.43. The van der Waals surface area contributed by atoms with Crippen LogP contribution >= 0.6 is 0 Å². The van der Waals surface area contributed by atoms with Crippen molar-refractivity contribution in [2.24, 2.45) is 0 Å². The summed E-state index contributed by atoms with van der Waals surface area (Å²) in [5.74, 6) is 0. The van der Waals surface area contributed by atoms with E-state index in [4.69, 9.17) is 4.74 Å². The minimum Gasteiger partial charge on any atom is -0.369 e. The fraction of sp³-hybridized carbons (Fsp3) is 0.750. The van der Waals surface area contributed by atoms with Crippen LogP contribution in [0.4, 0.5) is 0 Å². The van der Waals surface area contributed by atoms with E-state index in [-0.39, 0.29) is 6.10 Å². The van der Waals surface area contributed by atoms with E-state index in [1.165, 1.54) is 0 Å². The lowest BCUT2D eigenvalue weighted by Gasteiger charge is -2.32. The maximum atomic E-state index is 5.55. The molecule has 0 unspecified atom stereocenters. The number of likely N-dealkylation sites (N-methyl/N-ethyl adjacent to an activating group) is 1. The summed E-state index contributed by atoms with van der Waals surface area (Å²) in [6.45, 7) is 7.80. The zero-order chi connectivity index (χ0) is 7.56. The summed E-state index contributed by atoms with van der Waals surface area (Å²) in [4.78, 5) is 2.26. The van der Waals surface area contributed by atoms with E-state index >= 15 is 0 Å². The number of morpholine rings is 1. The lowest BCUT2D eigenvalue weighted by atomic mass is 10.2. The van der Waals surface area contributed by atoms with Gasteiger partial charge in [0.05, 0.1) is 12.2 Å². The Morgan fingerprint density at radius 1 is 1.60 bits per heavy atom. The molecule has 2 nitrogen and oxygen atoms in total. The van der Waals surface area contributed by atoms with E-state index in [9.17, 15) is 0 Å². The van der Waals surface area contributed by atoms with Gasteiger partial charge in [0, 0.05) is 13.1 Å². The van der Waals surface area contributed by atoms with E-state index in [0.717, 1.165) is 13.1 Å². The van der Waals surface area contributed by atoms with Crippen LogP contribution < -0.4 is 0 Å². The van der Waals surface area contributed by atoms with Crippen LogP contribution in [0.15, 0.2) is 12.7 Å². The first kappa shape index (κ1) is 7.76. The van der Waals surface area contributed by atoms with Crippen LogP contribution in [-0.2, 0) is 4.74 Å². The van der Waals surface area contributed by atoms with Gasteiger partial charge in [-0.2, -0.15) is 0 Å². The van der Waals surface area contributed by atoms with Crippen LogP contribution in [0, 0.1) is 0 Å². The quantitative estimate of drug-likeness (QED) is 0.503. The van der Waals surface area contributed by atoms with Crippen molar-refractivity contribution in [3.63, 3.8) is 0 Å². The molecule has 0 amide bonds. The van der Waals surface area contributed by atoms with Crippen molar-refractivity contribution < 1.29 is 4.74 Å². The number of ether oxygens (including phenoxy) is 1. The third-order valence-corrected chi connectivity index (χ3v) is 1.73. The molecular formula is C8H15NO. The summed E-state index contributed by atoms with van der Waals surface area (Å²) in [6.07, 6.45) is 2.45. The molecule has 1 rings (SSSR count). The molecule has 0 spiro atoms. The summed E-state index contributed by atoms with van der Waals surface area (Å²) >= 11 is 0. The molecule has 1 aliphatic heterocycles. The molecule has 0 radical (unpaired) electrons. The van der Waals surface area contributed by atoms with Gasteiger partial charge in [0.1, 0.15) is 0 Å². The molecule has 1 fully saturated rings. The van der Waals surface area contributed by atoms with Crippen LogP contribution in [0.1, 0.15) is 6.92 Å². The van der Waals surface area contributed by atoms with Crippen molar-refractivity contribution in [3.8, 4) is 0 Å². The fourth-order valence-electron chi connectivity index (χ4n) is 1.34. The molecule has 58 valence electrons. The van der Waals surface area contributed by atoms with Crippen LogP contribution in [0.2, 0.25) is 0 Å². The zero-order valence-corrected chi connectivity index (χ0v) is 6.71. The molecule has 10 heavy (non-hydrogen) atoms. The average molecular weight is 141 g/mol. The second-order valence-electron chi connectivity index (χ2n) is 2.94. The summed E-state index contributed by atoms with van der Waals surface area (Å²) < 4.78 is 5.55. The average Bonchev–Trinajstić information content (AvgIpc) is 1.85. The van der Waals surface area contributed by atoms with Crippen molar-refractivity contribution in [1.82, 2.24) is 4.90 Å². The van der Waals surface area contributed by atoms with Gasteiger partial charge >= 0.3 is 0 Å². The molecule has 0 aromatic heterocycles. The highest BCUT2D eigenvalue weighted by atomic mass is 16.5. The van der Waals surface area contributed by atoms with Crippen molar-refractivity contribution in [3.05, 3.63) is 12.7 Å². The largest absolute Gasteiger partial charge is 0.369 e. The highest BCUT2D eigenvalue weighted by Gasteiger charge is 2.19. The molecule has 0 aromatic carbocycles. The van der Waals surface area contributed by atoms with Gasteiger partial charge in [-0.3, -0.25) is 0 Å². The van der Waals surface area contributed by atoms with Crippen molar-refractivity contribution in [2.75, 3.05) is 20.1 Å². The Balaban J connectivity index is 2.42. The highest BCUT2D eigenvalue weighted by molar-refractivity contribution is 4.86. The Morgan fingerprint density at radius 2 is 2.30 bits per heavy atom. The molecule has 0 aliphatic carbocycles. The normalized spacial score (nSPS) is 35.8. The molecule has 2 atom stereocenters. The predicted octanol–water partition coefficient (Wildman–Crippen LogP) is 0.891. The van der Waals surface area contributed by atoms with E-state index in [0.29, 0.717) is 6.10 Å². The monoisotopic (exact) mass is 141 g/mol. The standard InChI is InChI=1S/C8H15NO/c1-4-8-6-9(3)5-7(2)10-8/h4,7-8H,1,5-6H2,2-3H3/t7-,8-/m0/s1. The van der Waals surface area contributed by atoms with E-state index < -0.39 is 0 Å². The first-order chi connectivity index (χ1) is 4.72. The smallest absolute Gasteiger partial charge is 0.0884 e. The number of rotatable bonds is 1. The van der Waals surface area contributed by atoms with Gasteiger partial charge in [-0.25, -0.2) is 0 Å². The second-order valence-corrected chi connectivity index (χ2v) is 2.94. The van der Waals surface area contributed by atoms with Crippen molar-refractivity contribution >= 4 is 0 Å². The van der Waals surface area contributed by atoms with Gasteiger partial charge in [-0.05, 0) is 14.0 Å². The minimum atomic E-state index is 0.230. The maximum Gasteiger partial charge on any atom is 0.0884 e. The van der Waals surface area contributed by atoms with Gasteiger partial charge in [-0.15, -0.1) is 6.58 Å². The van der Waals surface area contributed by atoms with Crippen LogP contribution in [0.3, 0.4) is 0 Å². The Hall–Kier alpha value is -0.340. The summed E-state index contributed by atoms with van der Waals surface area (Å²) in [5, 5.41) is 0. The molecule has 0 bridgehead atoms. The SMILES string of the molecule is C=C[C@H]1CN(C)C[C@H](C)O1. The van der Waals surface area contributed by atoms with Gasteiger partial charge < -0.3 is 9.64 Å². The first-order valence-electron chi connectivity index (χ1n) is 3.69. The van der Waals surface area contributed by atoms with E-state index in [1.807, 2.05) is 6.08 Å². The first-order valence-corrected chi connectivity index (χ1v) is 3.69. The predicted molar refractivity (Wildman–Crippen MR) is 42.0 cm³/mol. The van der Waals surface area contributed by atoms with Gasteiger partial charge in [0.25, 0.3) is 0 Å². The number of hydrogen-bond donors (Lipinski definition) is 0. The molecular weight excluding hydrogens is 126 g/mol. The highest BCUT2D eigenvalue weighted by Crippen LogP contribution is 2.08. The van der Waals surface area contributed by atoms with Gasteiger partial charge in [-0.1, -0.05) is 6.08 Å². The van der Waals surface area contributed by atoms with Crippen LogP contribution in [-0.4, -0.2) is 37.2 Å². The van der Waals surface area contributed by atoms with Crippen LogP contribution in [0.5, 0.6) is 0 Å². The fourth-order valence-corrected chi connectivity index (χ4v) is 1.34. The lowest BCUT2D eigenvalue weighted by molar-refractivity contribution is -0.0466. The zero-order valence-electron chi connectivity index (χ0n) is 6.71. The molecule has 0 N–H and O–H groups in total. The van der Waals surface area contributed by atoms with Crippen molar-refractivity contribution in [1.29, 1.82) is 0 Å². The Labute approximate surface area is 62.5 Å². The summed E-state index contributed by atoms with van der Waals surface area (Å²) in [7, 11) is 2.11.